The van der Waals surface area contributed by atoms with E-state index in [0.29, 0.717) is 0 Å². The van der Waals surface area contributed by atoms with Gasteiger partial charge in [-0.05, 0) is 32.5 Å². The molecule has 0 aromatic carbocycles. The molecule has 0 amide bonds. The molecule has 78 valence electrons. The molecule has 0 aliphatic heterocycles. The maximum atomic E-state index is 4.25. The van der Waals surface area contributed by atoms with E-state index in [9.17, 15) is 0 Å². The molecular weight excluding hydrogens is 176 g/mol. The molecule has 1 aromatic rings. The Balaban J connectivity index is 2.18. The summed E-state index contributed by atoms with van der Waals surface area (Å²) in [7, 11) is 0. The van der Waals surface area contributed by atoms with Crippen LogP contribution in [0.1, 0.15) is 19.0 Å². The van der Waals surface area contributed by atoms with Crippen LogP contribution in [0.2, 0.25) is 0 Å². The van der Waals surface area contributed by atoms with Crippen LogP contribution in [-0.2, 0) is 0 Å². The van der Waals surface area contributed by atoms with Crippen LogP contribution in [0, 0.1) is 6.92 Å². The molecule has 0 spiro atoms. The van der Waals surface area contributed by atoms with Crippen molar-refractivity contribution in [1.82, 2.24) is 15.3 Å². The molecule has 1 rings (SSSR count). The van der Waals surface area contributed by atoms with Gasteiger partial charge in [0.05, 0.1) is 0 Å². The minimum Gasteiger partial charge on any atom is -0.354 e. The van der Waals surface area contributed by atoms with E-state index in [1.165, 1.54) is 0 Å². The molecular formula is C10H18N4. The first-order valence-electron chi connectivity index (χ1n) is 5.07. The molecule has 4 heteroatoms. The van der Waals surface area contributed by atoms with Crippen molar-refractivity contribution in [3.8, 4) is 0 Å². The molecule has 2 N–H and O–H groups in total. The first-order valence-corrected chi connectivity index (χ1v) is 5.07. The van der Waals surface area contributed by atoms with Crippen LogP contribution in [0.5, 0.6) is 0 Å². The number of anilines is 1. The van der Waals surface area contributed by atoms with Crippen molar-refractivity contribution in [2.75, 3.05) is 25.0 Å². The second-order valence-electron chi connectivity index (χ2n) is 3.16. The monoisotopic (exact) mass is 194 g/mol. The predicted octanol–water partition coefficient (Wildman–Crippen LogP) is 1.20. The fourth-order valence-electron chi connectivity index (χ4n) is 1.12. The summed E-state index contributed by atoms with van der Waals surface area (Å²) < 4.78 is 0. The van der Waals surface area contributed by atoms with Gasteiger partial charge in [0, 0.05) is 18.4 Å². The molecule has 4 nitrogen and oxygen atoms in total. The molecule has 0 saturated carbocycles. The standard InChI is InChI=1S/C10H18N4/c1-3-11-6-4-7-12-10-13-8-5-9(2)14-10/h5,8,11H,3-4,6-7H2,1-2H3,(H,12,13,14). The molecule has 0 aliphatic rings. The van der Waals surface area contributed by atoms with Crippen LogP contribution in [0.3, 0.4) is 0 Å². The third-order valence-electron chi connectivity index (χ3n) is 1.86. The third kappa shape index (κ3) is 4.18. The Hall–Kier alpha value is -1.16. The van der Waals surface area contributed by atoms with Gasteiger partial charge in [0.2, 0.25) is 5.95 Å². The first kappa shape index (κ1) is 10.9. The molecule has 0 aliphatic carbocycles. The van der Waals surface area contributed by atoms with E-state index < -0.39 is 0 Å². The summed E-state index contributed by atoms with van der Waals surface area (Å²) in [4.78, 5) is 8.36. The molecule has 1 heterocycles. The predicted molar refractivity (Wildman–Crippen MR) is 58.4 cm³/mol. The van der Waals surface area contributed by atoms with Gasteiger partial charge in [-0.15, -0.1) is 0 Å². The Labute approximate surface area is 85.2 Å². The number of hydrogen-bond donors (Lipinski definition) is 2. The maximum absolute atomic E-state index is 4.25. The Morgan fingerprint density at radius 3 is 2.93 bits per heavy atom. The lowest BCUT2D eigenvalue weighted by Crippen LogP contribution is -2.17. The lowest BCUT2D eigenvalue weighted by molar-refractivity contribution is 0.687. The second-order valence-corrected chi connectivity index (χ2v) is 3.16. The first-order chi connectivity index (χ1) is 6.83. The van der Waals surface area contributed by atoms with Crippen molar-refractivity contribution < 1.29 is 0 Å². The molecule has 0 fully saturated rings. The van der Waals surface area contributed by atoms with Crippen molar-refractivity contribution in [3.05, 3.63) is 18.0 Å². The van der Waals surface area contributed by atoms with Gasteiger partial charge in [0.25, 0.3) is 0 Å². The van der Waals surface area contributed by atoms with Crippen molar-refractivity contribution >= 4 is 5.95 Å². The fraction of sp³-hybridized carbons (Fsp3) is 0.600. The zero-order valence-electron chi connectivity index (χ0n) is 8.88. The van der Waals surface area contributed by atoms with Crippen molar-refractivity contribution in [1.29, 1.82) is 0 Å². The van der Waals surface area contributed by atoms with Crippen LogP contribution < -0.4 is 10.6 Å². The van der Waals surface area contributed by atoms with E-state index >= 15 is 0 Å². The van der Waals surface area contributed by atoms with E-state index in [0.717, 1.165) is 37.7 Å². The van der Waals surface area contributed by atoms with Gasteiger partial charge in [-0.3, -0.25) is 0 Å². The zero-order chi connectivity index (χ0) is 10.2. The Bertz CT molecular complexity index is 262. The average molecular weight is 194 g/mol. The van der Waals surface area contributed by atoms with E-state index in [1.54, 1.807) is 6.20 Å². The van der Waals surface area contributed by atoms with Crippen molar-refractivity contribution in [2.24, 2.45) is 0 Å². The normalized spacial score (nSPS) is 10.1. The summed E-state index contributed by atoms with van der Waals surface area (Å²) in [5.41, 5.74) is 0.995. The van der Waals surface area contributed by atoms with Gasteiger partial charge < -0.3 is 10.6 Å². The summed E-state index contributed by atoms with van der Waals surface area (Å²) >= 11 is 0. The third-order valence-corrected chi connectivity index (χ3v) is 1.86. The van der Waals surface area contributed by atoms with Gasteiger partial charge in [-0.1, -0.05) is 6.92 Å². The second kappa shape index (κ2) is 6.32. The summed E-state index contributed by atoms with van der Waals surface area (Å²) in [5, 5.41) is 6.45. The van der Waals surface area contributed by atoms with Crippen LogP contribution in [0.15, 0.2) is 12.3 Å². The molecule has 0 unspecified atom stereocenters. The highest BCUT2D eigenvalue weighted by Crippen LogP contribution is 1.98. The van der Waals surface area contributed by atoms with Gasteiger partial charge in [-0.25, -0.2) is 9.97 Å². The van der Waals surface area contributed by atoms with Crippen LogP contribution in [0.25, 0.3) is 0 Å². The highest BCUT2D eigenvalue weighted by Gasteiger charge is 1.93. The molecule has 14 heavy (non-hydrogen) atoms. The van der Waals surface area contributed by atoms with Gasteiger partial charge in [0.15, 0.2) is 0 Å². The minimum atomic E-state index is 0.724. The van der Waals surface area contributed by atoms with E-state index in [2.05, 4.69) is 27.5 Å². The summed E-state index contributed by atoms with van der Waals surface area (Å²) in [5.74, 6) is 0.724. The number of rotatable bonds is 6. The molecule has 0 atom stereocenters. The largest absolute Gasteiger partial charge is 0.354 e. The lowest BCUT2D eigenvalue weighted by atomic mass is 10.4. The van der Waals surface area contributed by atoms with Gasteiger partial charge >= 0.3 is 0 Å². The SMILES string of the molecule is CCNCCCNc1nccc(C)n1. The number of nitrogens with zero attached hydrogens (tertiary/aromatic N) is 2. The molecule has 0 bridgehead atoms. The Kier molecular flexibility index (Phi) is 4.93. The molecule has 0 saturated heterocycles. The van der Waals surface area contributed by atoms with E-state index in [-0.39, 0.29) is 0 Å². The number of aromatic nitrogens is 2. The lowest BCUT2D eigenvalue weighted by Gasteiger charge is -2.04. The summed E-state index contributed by atoms with van der Waals surface area (Å²) in [6.45, 7) is 7.05. The smallest absolute Gasteiger partial charge is 0.222 e. The fourth-order valence-corrected chi connectivity index (χ4v) is 1.12. The average Bonchev–Trinajstić information content (AvgIpc) is 2.18. The molecule has 0 radical (unpaired) electrons. The summed E-state index contributed by atoms with van der Waals surface area (Å²) in [6, 6.07) is 1.89. The van der Waals surface area contributed by atoms with E-state index in [4.69, 9.17) is 0 Å². The highest BCUT2D eigenvalue weighted by molar-refractivity contribution is 5.24. The van der Waals surface area contributed by atoms with Crippen LogP contribution in [0.4, 0.5) is 5.95 Å². The molecule has 1 aromatic heterocycles. The van der Waals surface area contributed by atoms with Gasteiger partial charge in [0.1, 0.15) is 0 Å². The quantitative estimate of drug-likeness (QED) is 0.668. The number of hydrogen-bond acceptors (Lipinski definition) is 4. The van der Waals surface area contributed by atoms with Crippen molar-refractivity contribution in [3.63, 3.8) is 0 Å². The van der Waals surface area contributed by atoms with Crippen molar-refractivity contribution in [2.45, 2.75) is 20.3 Å². The minimum absolute atomic E-state index is 0.724. The Morgan fingerprint density at radius 1 is 1.36 bits per heavy atom. The highest BCUT2D eigenvalue weighted by atomic mass is 15.1. The number of nitrogens with one attached hydrogen (secondary N) is 2. The van der Waals surface area contributed by atoms with Gasteiger partial charge in [-0.2, -0.15) is 0 Å². The van der Waals surface area contributed by atoms with E-state index in [1.807, 2.05) is 13.0 Å². The maximum Gasteiger partial charge on any atom is 0.222 e. The topological polar surface area (TPSA) is 49.8 Å². The number of aryl methyl sites for hydroxylation is 1. The Morgan fingerprint density at radius 2 is 2.21 bits per heavy atom. The van der Waals surface area contributed by atoms with Crippen LogP contribution >= 0.6 is 0 Å². The zero-order valence-corrected chi connectivity index (χ0v) is 8.88. The summed E-state index contributed by atoms with van der Waals surface area (Å²) in [6.07, 6.45) is 2.86. The van der Waals surface area contributed by atoms with Crippen LogP contribution in [-0.4, -0.2) is 29.6 Å².